The standard InChI is InChI=1S/C18H17FO2S/c1-10-8-16-17(12(3)11(10)2)18(13(4)21-16)22(20)15-7-5-6-14(19)9-15/h5-9H,1-4H3/t22-/m0/s1. The Bertz CT molecular complexity index is 909. The topological polar surface area (TPSA) is 30.2 Å². The zero-order valence-corrected chi connectivity index (χ0v) is 13.8. The van der Waals surface area contributed by atoms with Gasteiger partial charge in [-0.3, -0.25) is 0 Å². The van der Waals surface area contributed by atoms with E-state index in [1.807, 2.05) is 26.8 Å². The number of fused-ring (bicyclic) bond motifs is 1. The van der Waals surface area contributed by atoms with Gasteiger partial charge in [0.05, 0.1) is 15.7 Å². The van der Waals surface area contributed by atoms with Gasteiger partial charge in [-0.15, -0.1) is 0 Å². The maximum Gasteiger partial charge on any atom is 0.136 e. The monoisotopic (exact) mass is 316 g/mol. The molecule has 0 fully saturated rings. The van der Waals surface area contributed by atoms with Gasteiger partial charge in [-0.05, 0) is 68.7 Å². The average molecular weight is 316 g/mol. The Morgan fingerprint density at radius 2 is 1.77 bits per heavy atom. The van der Waals surface area contributed by atoms with Crippen molar-refractivity contribution < 1.29 is 13.0 Å². The molecular weight excluding hydrogens is 299 g/mol. The minimum atomic E-state index is -1.47. The Morgan fingerprint density at radius 3 is 2.45 bits per heavy atom. The van der Waals surface area contributed by atoms with Crippen molar-refractivity contribution in [1.29, 1.82) is 0 Å². The summed E-state index contributed by atoms with van der Waals surface area (Å²) in [5.74, 6) is 0.228. The molecule has 1 heterocycles. The first-order valence-corrected chi connectivity index (χ1v) is 8.22. The van der Waals surface area contributed by atoms with Crippen molar-refractivity contribution >= 4 is 21.8 Å². The number of aryl methyl sites for hydroxylation is 3. The van der Waals surface area contributed by atoms with Gasteiger partial charge in [-0.1, -0.05) is 6.07 Å². The van der Waals surface area contributed by atoms with Gasteiger partial charge >= 0.3 is 0 Å². The van der Waals surface area contributed by atoms with E-state index in [1.54, 1.807) is 19.1 Å². The first-order chi connectivity index (χ1) is 10.4. The van der Waals surface area contributed by atoms with E-state index < -0.39 is 10.8 Å². The highest BCUT2D eigenvalue weighted by molar-refractivity contribution is 7.85. The van der Waals surface area contributed by atoms with Gasteiger partial charge in [-0.2, -0.15) is 0 Å². The highest BCUT2D eigenvalue weighted by atomic mass is 32.2. The number of halogens is 1. The molecule has 1 atom stereocenters. The lowest BCUT2D eigenvalue weighted by Gasteiger charge is -2.08. The van der Waals surface area contributed by atoms with Crippen LogP contribution in [0.25, 0.3) is 11.0 Å². The second kappa shape index (κ2) is 5.36. The molecule has 3 rings (SSSR count). The van der Waals surface area contributed by atoms with Crippen molar-refractivity contribution in [2.75, 3.05) is 0 Å². The second-order valence-electron chi connectivity index (χ2n) is 5.53. The van der Waals surface area contributed by atoms with Gasteiger partial charge in [0.25, 0.3) is 0 Å². The molecule has 0 aliphatic heterocycles. The largest absolute Gasteiger partial charge is 0.460 e. The van der Waals surface area contributed by atoms with E-state index in [2.05, 4.69) is 0 Å². The number of hydrogen-bond acceptors (Lipinski definition) is 2. The fourth-order valence-electron chi connectivity index (χ4n) is 2.72. The van der Waals surface area contributed by atoms with Crippen LogP contribution in [-0.2, 0) is 10.8 Å². The Kier molecular flexibility index (Phi) is 3.65. The Balaban J connectivity index is 2.29. The lowest BCUT2D eigenvalue weighted by Crippen LogP contribution is -1.96. The molecule has 3 aromatic rings. The van der Waals surface area contributed by atoms with Crippen LogP contribution in [-0.4, -0.2) is 4.21 Å². The Hall–Kier alpha value is -1.94. The third-order valence-corrected chi connectivity index (χ3v) is 5.67. The van der Waals surface area contributed by atoms with Gasteiger partial charge in [0.1, 0.15) is 17.2 Å². The summed E-state index contributed by atoms with van der Waals surface area (Å²) >= 11 is 0. The van der Waals surface area contributed by atoms with Gasteiger partial charge in [0.15, 0.2) is 0 Å². The summed E-state index contributed by atoms with van der Waals surface area (Å²) in [5, 5.41) is 0.878. The molecule has 0 aliphatic carbocycles. The lowest BCUT2D eigenvalue weighted by molar-refractivity contribution is 0.566. The van der Waals surface area contributed by atoms with E-state index in [-0.39, 0.29) is 5.82 Å². The van der Waals surface area contributed by atoms with Crippen LogP contribution in [0.4, 0.5) is 4.39 Å². The maximum atomic E-state index is 13.4. The fourth-order valence-corrected chi connectivity index (χ4v) is 4.12. The van der Waals surface area contributed by atoms with Crippen molar-refractivity contribution in [3.63, 3.8) is 0 Å². The van der Waals surface area contributed by atoms with E-state index in [1.165, 1.54) is 12.1 Å². The third-order valence-electron chi connectivity index (χ3n) is 4.13. The minimum Gasteiger partial charge on any atom is -0.460 e. The van der Waals surface area contributed by atoms with Crippen LogP contribution in [0.5, 0.6) is 0 Å². The molecule has 22 heavy (non-hydrogen) atoms. The summed E-state index contributed by atoms with van der Waals surface area (Å²) in [5.41, 5.74) is 4.09. The zero-order valence-electron chi connectivity index (χ0n) is 13.0. The molecule has 2 aromatic carbocycles. The molecular formula is C18H17FO2S. The quantitative estimate of drug-likeness (QED) is 0.668. The molecule has 0 amide bonds. The van der Waals surface area contributed by atoms with Crippen molar-refractivity contribution in [3.05, 3.63) is 58.6 Å². The van der Waals surface area contributed by atoms with Crippen LogP contribution >= 0.6 is 0 Å². The van der Waals surface area contributed by atoms with Crippen molar-refractivity contribution in [2.24, 2.45) is 0 Å². The van der Waals surface area contributed by atoms with E-state index in [0.29, 0.717) is 15.6 Å². The summed E-state index contributed by atoms with van der Waals surface area (Å²) in [6.07, 6.45) is 0. The summed E-state index contributed by atoms with van der Waals surface area (Å²) < 4.78 is 32.2. The molecule has 0 saturated carbocycles. The predicted molar refractivity (Wildman–Crippen MR) is 86.2 cm³/mol. The normalized spacial score (nSPS) is 12.8. The molecule has 0 bridgehead atoms. The Morgan fingerprint density at radius 1 is 1.05 bits per heavy atom. The smallest absolute Gasteiger partial charge is 0.136 e. The highest BCUT2D eigenvalue weighted by Crippen LogP contribution is 2.35. The first-order valence-electron chi connectivity index (χ1n) is 7.07. The summed E-state index contributed by atoms with van der Waals surface area (Å²) in [6, 6.07) is 7.87. The maximum absolute atomic E-state index is 13.4. The van der Waals surface area contributed by atoms with E-state index in [4.69, 9.17) is 4.42 Å². The summed E-state index contributed by atoms with van der Waals surface area (Å²) in [6.45, 7) is 7.88. The number of benzene rings is 2. The highest BCUT2D eigenvalue weighted by Gasteiger charge is 2.21. The molecule has 0 radical (unpaired) electrons. The van der Waals surface area contributed by atoms with Crippen molar-refractivity contribution in [3.8, 4) is 0 Å². The zero-order chi connectivity index (χ0) is 16.0. The molecule has 2 nitrogen and oxygen atoms in total. The van der Waals surface area contributed by atoms with Gasteiger partial charge in [0, 0.05) is 10.3 Å². The fraction of sp³-hybridized carbons (Fsp3) is 0.222. The summed E-state index contributed by atoms with van der Waals surface area (Å²) in [7, 11) is -1.47. The average Bonchev–Trinajstić information content (AvgIpc) is 2.80. The number of hydrogen-bond donors (Lipinski definition) is 0. The molecule has 0 saturated heterocycles. The van der Waals surface area contributed by atoms with Crippen LogP contribution in [0, 0.1) is 33.5 Å². The van der Waals surface area contributed by atoms with Crippen LogP contribution in [0.1, 0.15) is 22.5 Å². The van der Waals surface area contributed by atoms with Crippen LogP contribution in [0.15, 0.2) is 44.5 Å². The number of rotatable bonds is 2. The van der Waals surface area contributed by atoms with Crippen molar-refractivity contribution in [2.45, 2.75) is 37.5 Å². The minimum absolute atomic E-state index is 0.389. The van der Waals surface area contributed by atoms with Crippen LogP contribution in [0.2, 0.25) is 0 Å². The Labute approximate surface area is 131 Å². The van der Waals surface area contributed by atoms with E-state index in [9.17, 15) is 8.60 Å². The number of furan rings is 1. The molecule has 0 unspecified atom stereocenters. The molecule has 1 aromatic heterocycles. The molecule has 0 aliphatic rings. The van der Waals surface area contributed by atoms with E-state index in [0.717, 1.165) is 27.7 Å². The molecule has 114 valence electrons. The van der Waals surface area contributed by atoms with E-state index >= 15 is 0 Å². The third kappa shape index (κ3) is 2.28. The molecule has 0 N–H and O–H groups in total. The molecule has 0 spiro atoms. The SMILES string of the molecule is Cc1cc2oc(C)c([S@@](=O)c3cccc(F)c3)c2c(C)c1C. The van der Waals surface area contributed by atoms with Gasteiger partial charge in [0.2, 0.25) is 0 Å². The van der Waals surface area contributed by atoms with Gasteiger partial charge < -0.3 is 4.42 Å². The van der Waals surface area contributed by atoms with Crippen LogP contribution in [0.3, 0.4) is 0 Å². The predicted octanol–water partition coefficient (Wildman–Crippen LogP) is 4.97. The first kappa shape index (κ1) is 15.0. The summed E-state index contributed by atoms with van der Waals surface area (Å²) in [4.78, 5) is 1.09. The van der Waals surface area contributed by atoms with Gasteiger partial charge in [-0.25, -0.2) is 8.60 Å². The second-order valence-corrected chi connectivity index (χ2v) is 6.95. The van der Waals surface area contributed by atoms with Crippen LogP contribution < -0.4 is 0 Å². The molecule has 4 heteroatoms. The van der Waals surface area contributed by atoms with Crippen molar-refractivity contribution in [1.82, 2.24) is 0 Å². The lowest BCUT2D eigenvalue weighted by atomic mass is 10.0.